The summed E-state index contributed by atoms with van der Waals surface area (Å²) in [6.45, 7) is 4.34. The molecule has 1 aliphatic heterocycles. The largest absolute Gasteiger partial charge is 2.00 e. The Balaban J connectivity index is 0.00000294. The second-order valence-corrected chi connectivity index (χ2v) is 9.94. The van der Waals surface area contributed by atoms with Gasteiger partial charge in [-0.15, -0.1) is 28.7 Å². The van der Waals surface area contributed by atoms with Gasteiger partial charge < -0.3 is 17.5 Å². The number of pyridine rings is 2. The first kappa shape index (κ1) is 26.3. The van der Waals surface area contributed by atoms with E-state index in [1.165, 1.54) is 12.1 Å². The molecule has 192 valence electrons. The molecule has 0 saturated heterocycles. The van der Waals surface area contributed by atoms with Gasteiger partial charge in [-0.2, -0.15) is 13.2 Å². The standard InChI is InChI=1S/C30H21F3N3S.Pt/c1-29(2)21-7-3-4-8-24(21)36(27-9-5-6-16-34-27)25-17-18(10-12-22(25)29)23-14-11-19-20(30(31,32)33)13-15-26(37)28(19)35-23;/h3-16,37H,1-2H3;/q-1;+2/p-1. The summed E-state index contributed by atoms with van der Waals surface area (Å²) in [5.74, 6) is 0.745. The molecule has 0 fully saturated rings. The third-order valence-corrected chi connectivity index (χ3v) is 7.25. The van der Waals surface area contributed by atoms with Gasteiger partial charge in [-0.25, -0.2) is 4.98 Å². The molecular formula is C30H20F3N3PtS. The van der Waals surface area contributed by atoms with Gasteiger partial charge in [-0.3, -0.25) is 4.98 Å². The predicted octanol–water partition coefficient (Wildman–Crippen LogP) is 8.13. The first-order valence-corrected chi connectivity index (χ1v) is 12.1. The fourth-order valence-electron chi connectivity index (χ4n) is 5.09. The zero-order valence-corrected chi connectivity index (χ0v) is 23.4. The van der Waals surface area contributed by atoms with Crippen LogP contribution in [-0.2, 0) is 45.3 Å². The van der Waals surface area contributed by atoms with Crippen molar-refractivity contribution in [2.75, 3.05) is 4.90 Å². The first-order valence-electron chi connectivity index (χ1n) is 11.7. The molecule has 1 aliphatic rings. The third kappa shape index (κ3) is 4.18. The molecule has 6 rings (SSSR count). The summed E-state index contributed by atoms with van der Waals surface area (Å²) in [6, 6.07) is 26.8. The number of rotatable bonds is 2. The van der Waals surface area contributed by atoms with Crippen LogP contribution < -0.4 is 4.90 Å². The van der Waals surface area contributed by atoms with Crippen molar-refractivity contribution in [2.24, 2.45) is 0 Å². The summed E-state index contributed by atoms with van der Waals surface area (Å²) >= 11 is 5.34. The van der Waals surface area contributed by atoms with Gasteiger partial charge >= 0.3 is 27.2 Å². The second-order valence-electron chi connectivity index (χ2n) is 9.50. The number of para-hydroxylation sites is 1. The maximum absolute atomic E-state index is 13.6. The molecule has 0 spiro atoms. The summed E-state index contributed by atoms with van der Waals surface area (Å²) in [5, 5.41) is -0.00752. The average Bonchev–Trinajstić information content (AvgIpc) is 2.89. The molecule has 0 aliphatic carbocycles. The Morgan fingerprint density at radius 3 is 2.37 bits per heavy atom. The Labute approximate surface area is 238 Å². The molecule has 5 aromatic rings. The summed E-state index contributed by atoms with van der Waals surface area (Å²) in [7, 11) is 0. The van der Waals surface area contributed by atoms with Gasteiger partial charge in [0.2, 0.25) is 0 Å². The van der Waals surface area contributed by atoms with Crippen molar-refractivity contribution in [3.63, 3.8) is 0 Å². The van der Waals surface area contributed by atoms with Gasteiger partial charge in [0.25, 0.3) is 0 Å². The van der Waals surface area contributed by atoms with E-state index in [0.717, 1.165) is 34.4 Å². The molecule has 0 radical (unpaired) electrons. The number of nitrogens with zero attached hydrogens (tertiary/aromatic N) is 3. The Bertz CT molecular complexity index is 1670. The van der Waals surface area contributed by atoms with Crippen LogP contribution >= 0.6 is 0 Å². The van der Waals surface area contributed by atoms with Crippen molar-refractivity contribution >= 4 is 40.7 Å². The quantitative estimate of drug-likeness (QED) is 0.137. The number of hydrogen-bond acceptors (Lipinski definition) is 4. The average molecular weight is 707 g/mol. The number of alkyl halides is 3. The third-order valence-electron chi connectivity index (χ3n) is 6.92. The van der Waals surface area contributed by atoms with E-state index in [9.17, 15) is 13.2 Å². The van der Waals surface area contributed by atoms with E-state index >= 15 is 0 Å². The Morgan fingerprint density at radius 2 is 1.63 bits per heavy atom. The molecule has 3 nitrogen and oxygen atoms in total. The summed E-state index contributed by atoms with van der Waals surface area (Å²) in [6.07, 6.45) is -2.75. The minimum Gasteiger partial charge on any atom is -0.778 e. The van der Waals surface area contributed by atoms with Crippen LogP contribution in [-0.4, -0.2) is 9.97 Å². The predicted molar refractivity (Wildman–Crippen MR) is 141 cm³/mol. The van der Waals surface area contributed by atoms with Crippen molar-refractivity contribution in [2.45, 2.75) is 30.3 Å². The minimum absolute atomic E-state index is 0. The van der Waals surface area contributed by atoms with Crippen LogP contribution in [0.4, 0.5) is 30.4 Å². The van der Waals surface area contributed by atoms with E-state index in [1.54, 1.807) is 12.3 Å². The van der Waals surface area contributed by atoms with Crippen LogP contribution in [0.25, 0.3) is 22.2 Å². The number of halogens is 3. The maximum atomic E-state index is 13.6. The first-order chi connectivity index (χ1) is 17.7. The van der Waals surface area contributed by atoms with Crippen molar-refractivity contribution in [1.82, 2.24) is 9.97 Å². The van der Waals surface area contributed by atoms with Crippen molar-refractivity contribution in [3.05, 3.63) is 108 Å². The molecule has 38 heavy (non-hydrogen) atoms. The zero-order valence-electron chi connectivity index (χ0n) is 20.3. The van der Waals surface area contributed by atoms with E-state index in [0.29, 0.717) is 11.3 Å². The molecule has 3 heterocycles. The molecule has 3 aromatic carbocycles. The van der Waals surface area contributed by atoms with Crippen LogP contribution in [0.5, 0.6) is 0 Å². The molecular weight excluding hydrogens is 686 g/mol. The van der Waals surface area contributed by atoms with Crippen LogP contribution in [0.3, 0.4) is 0 Å². The molecule has 0 N–H and O–H groups in total. The topological polar surface area (TPSA) is 29.0 Å². The van der Waals surface area contributed by atoms with Crippen LogP contribution in [0.2, 0.25) is 0 Å². The maximum Gasteiger partial charge on any atom is 2.00 e. The van der Waals surface area contributed by atoms with Gasteiger partial charge in [0.1, 0.15) is 5.82 Å². The molecule has 0 amide bonds. The number of anilines is 3. The fourth-order valence-corrected chi connectivity index (χ4v) is 5.31. The zero-order chi connectivity index (χ0) is 25.9. The van der Waals surface area contributed by atoms with E-state index in [4.69, 9.17) is 12.6 Å². The van der Waals surface area contributed by atoms with E-state index < -0.39 is 11.7 Å². The normalized spacial score (nSPS) is 14.0. The van der Waals surface area contributed by atoms with Crippen molar-refractivity contribution in [1.29, 1.82) is 0 Å². The SMILES string of the molecule is CC1(C)c2ccc(-c3ccc4c(C(F)(F)F)ccc([S-])c4n3)[c-]c2N(c2ccccn2)c2ccccc21.[Pt+2]. The monoisotopic (exact) mass is 706 g/mol. The molecule has 0 atom stereocenters. The van der Waals surface area contributed by atoms with E-state index in [2.05, 4.69) is 46.9 Å². The van der Waals surface area contributed by atoms with Gasteiger partial charge in [-0.1, -0.05) is 67.9 Å². The van der Waals surface area contributed by atoms with Crippen LogP contribution in [0.1, 0.15) is 30.5 Å². The minimum atomic E-state index is -4.50. The fraction of sp³-hybridized carbons (Fsp3) is 0.133. The van der Waals surface area contributed by atoms with Gasteiger partial charge in [0.05, 0.1) is 5.56 Å². The van der Waals surface area contributed by atoms with Crippen molar-refractivity contribution < 1.29 is 34.2 Å². The molecule has 0 saturated carbocycles. The van der Waals surface area contributed by atoms with Gasteiger partial charge in [0.15, 0.2) is 0 Å². The molecule has 0 unspecified atom stereocenters. The van der Waals surface area contributed by atoms with E-state index in [1.807, 2.05) is 42.5 Å². The molecule has 0 bridgehead atoms. The smallest absolute Gasteiger partial charge is 0.778 e. The van der Waals surface area contributed by atoms with E-state index in [-0.39, 0.29) is 42.3 Å². The second kappa shape index (κ2) is 9.48. The number of hydrogen-bond donors (Lipinski definition) is 0. The van der Waals surface area contributed by atoms with Crippen LogP contribution in [0.15, 0.2) is 90.0 Å². The van der Waals surface area contributed by atoms with Gasteiger partial charge in [0, 0.05) is 22.8 Å². The summed E-state index contributed by atoms with van der Waals surface area (Å²) in [4.78, 5) is 11.5. The Morgan fingerprint density at radius 1 is 0.868 bits per heavy atom. The molecule has 8 heteroatoms. The summed E-state index contributed by atoms with van der Waals surface area (Å²) in [5.41, 5.74) is 4.30. The summed E-state index contributed by atoms with van der Waals surface area (Å²) < 4.78 is 40.7. The number of benzene rings is 3. The van der Waals surface area contributed by atoms with Gasteiger partial charge in [-0.05, 0) is 40.6 Å². The van der Waals surface area contributed by atoms with Crippen LogP contribution in [0, 0.1) is 6.07 Å². The molecule has 2 aromatic heterocycles. The number of fused-ring (bicyclic) bond motifs is 3. The van der Waals surface area contributed by atoms with Crippen molar-refractivity contribution in [3.8, 4) is 11.3 Å². The number of aromatic nitrogens is 2. The Hall–Kier alpha value is -3.28. The Kier molecular flexibility index (Phi) is 6.57.